The number of fused-ring (bicyclic) bond motifs is 3. The number of rotatable bonds is 0. The van der Waals surface area contributed by atoms with Crippen molar-refractivity contribution in [3.63, 3.8) is 0 Å². The van der Waals surface area contributed by atoms with Gasteiger partial charge in [-0.15, -0.1) is 0 Å². The summed E-state index contributed by atoms with van der Waals surface area (Å²) in [5, 5.41) is 7.04. The lowest BCUT2D eigenvalue weighted by Crippen LogP contribution is -2.47. The van der Waals surface area contributed by atoms with Gasteiger partial charge in [0.25, 0.3) is 0 Å². The molecule has 3 rings (SSSR count). The van der Waals surface area contributed by atoms with Crippen LogP contribution in [0.25, 0.3) is 0 Å². The zero-order chi connectivity index (χ0) is 8.67. The van der Waals surface area contributed by atoms with E-state index in [1.54, 1.807) is 0 Å². The van der Waals surface area contributed by atoms with E-state index in [1.165, 1.54) is 17.7 Å². The standard InChI is InChI=1S/C11H14N2/c1-2-4-9-8(3-1)7-10-11(9)13-6-5-12-10/h1-3,7,9,11-13H,4-6H2. The van der Waals surface area contributed by atoms with Crippen molar-refractivity contribution in [3.05, 3.63) is 35.6 Å². The van der Waals surface area contributed by atoms with E-state index < -0.39 is 0 Å². The zero-order valence-corrected chi connectivity index (χ0v) is 7.59. The van der Waals surface area contributed by atoms with Crippen molar-refractivity contribution in [2.45, 2.75) is 12.5 Å². The molecule has 1 heterocycles. The summed E-state index contributed by atoms with van der Waals surface area (Å²) in [6.07, 6.45) is 10.2. The summed E-state index contributed by atoms with van der Waals surface area (Å²) in [4.78, 5) is 0. The lowest BCUT2D eigenvalue weighted by molar-refractivity contribution is 0.411. The first-order valence-corrected chi connectivity index (χ1v) is 5.01. The third-order valence-electron chi connectivity index (χ3n) is 3.12. The smallest absolute Gasteiger partial charge is 0.0542 e. The number of nitrogens with one attached hydrogen (secondary N) is 2. The van der Waals surface area contributed by atoms with Crippen molar-refractivity contribution in [2.24, 2.45) is 5.92 Å². The van der Waals surface area contributed by atoms with Crippen molar-refractivity contribution in [3.8, 4) is 0 Å². The van der Waals surface area contributed by atoms with Crippen molar-refractivity contribution >= 4 is 0 Å². The summed E-state index contributed by atoms with van der Waals surface area (Å²) in [5.41, 5.74) is 2.88. The van der Waals surface area contributed by atoms with Gasteiger partial charge in [-0.2, -0.15) is 0 Å². The van der Waals surface area contributed by atoms with Crippen LogP contribution in [-0.2, 0) is 0 Å². The number of allylic oxidation sites excluding steroid dienone is 4. The van der Waals surface area contributed by atoms with Gasteiger partial charge in [-0.05, 0) is 18.1 Å². The van der Waals surface area contributed by atoms with Gasteiger partial charge >= 0.3 is 0 Å². The zero-order valence-electron chi connectivity index (χ0n) is 7.59. The summed E-state index contributed by atoms with van der Waals surface area (Å²) >= 11 is 0. The van der Waals surface area contributed by atoms with Gasteiger partial charge in [0.1, 0.15) is 0 Å². The fraction of sp³-hybridized carbons (Fsp3) is 0.455. The van der Waals surface area contributed by atoms with Crippen molar-refractivity contribution in [1.29, 1.82) is 0 Å². The second kappa shape index (κ2) is 2.74. The van der Waals surface area contributed by atoms with Crippen molar-refractivity contribution < 1.29 is 0 Å². The van der Waals surface area contributed by atoms with Crippen LogP contribution in [0.2, 0.25) is 0 Å². The van der Waals surface area contributed by atoms with Crippen molar-refractivity contribution in [1.82, 2.24) is 10.6 Å². The van der Waals surface area contributed by atoms with Gasteiger partial charge < -0.3 is 10.6 Å². The minimum absolute atomic E-state index is 0.560. The average Bonchev–Trinajstić information content (AvgIpc) is 2.56. The molecule has 1 fully saturated rings. The Hall–Kier alpha value is -1.02. The van der Waals surface area contributed by atoms with E-state index >= 15 is 0 Å². The highest BCUT2D eigenvalue weighted by Crippen LogP contribution is 2.35. The topological polar surface area (TPSA) is 24.1 Å². The maximum absolute atomic E-state index is 3.57. The molecule has 13 heavy (non-hydrogen) atoms. The Morgan fingerprint density at radius 1 is 1.31 bits per heavy atom. The van der Waals surface area contributed by atoms with E-state index in [-0.39, 0.29) is 0 Å². The summed E-state index contributed by atoms with van der Waals surface area (Å²) in [6, 6.07) is 0.560. The highest BCUT2D eigenvalue weighted by atomic mass is 15.1. The SMILES string of the molecule is C1=CCC2C(=C1)C=C1NCCNC12. The fourth-order valence-corrected chi connectivity index (χ4v) is 2.48. The van der Waals surface area contributed by atoms with E-state index in [9.17, 15) is 0 Å². The van der Waals surface area contributed by atoms with Crippen molar-refractivity contribution in [2.75, 3.05) is 13.1 Å². The highest BCUT2D eigenvalue weighted by molar-refractivity contribution is 5.43. The third-order valence-corrected chi connectivity index (χ3v) is 3.12. The van der Waals surface area contributed by atoms with Crippen LogP contribution in [0.5, 0.6) is 0 Å². The molecule has 0 bridgehead atoms. The molecule has 3 aliphatic rings. The predicted molar refractivity (Wildman–Crippen MR) is 53.2 cm³/mol. The number of hydrogen-bond acceptors (Lipinski definition) is 2. The van der Waals surface area contributed by atoms with E-state index in [0.717, 1.165) is 13.1 Å². The van der Waals surface area contributed by atoms with Gasteiger partial charge in [0.05, 0.1) is 6.04 Å². The third kappa shape index (κ3) is 1.05. The molecule has 0 saturated carbocycles. The second-order valence-electron chi connectivity index (χ2n) is 3.90. The Bertz CT molecular complexity index is 312. The highest BCUT2D eigenvalue weighted by Gasteiger charge is 2.34. The van der Waals surface area contributed by atoms with Crippen LogP contribution < -0.4 is 10.6 Å². The Morgan fingerprint density at radius 2 is 2.31 bits per heavy atom. The fourth-order valence-electron chi connectivity index (χ4n) is 2.48. The van der Waals surface area contributed by atoms with Gasteiger partial charge in [-0.25, -0.2) is 0 Å². The second-order valence-corrected chi connectivity index (χ2v) is 3.90. The molecule has 2 heteroatoms. The molecule has 0 spiro atoms. The lowest BCUT2D eigenvalue weighted by atomic mass is 9.90. The van der Waals surface area contributed by atoms with E-state index in [4.69, 9.17) is 0 Å². The first kappa shape index (κ1) is 7.39. The largest absolute Gasteiger partial charge is 0.386 e. The van der Waals surface area contributed by atoms with Crippen LogP contribution in [0.4, 0.5) is 0 Å². The van der Waals surface area contributed by atoms with Gasteiger partial charge in [-0.1, -0.05) is 18.2 Å². The molecule has 0 aromatic rings. The molecule has 2 atom stereocenters. The van der Waals surface area contributed by atoms with Crippen LogP contribution in [0.3, 0.4) is 0 Å². The minimum atomic E-state index is 0.560. The van der Waals surface area contributed by atoms with Gasteiger partial charge in [0.2, 0.25) is 0 Å². The first-order valence-electron chi connectivity index (χ1n) is 5.01. The summed E-state index contributed by atoms with van der Waals surface area (Å²) < 4.78 is 0. The van der Waals surface area contributed by atoms with Crippen LogP contribution in [-0.4, -0.2) is 19.1 Å². The van der Waals surface area contributed by atoms with Gasteiger partial charge in [0.15, 0.2) is 0 Å². The first-order chi connectivity index (χ1) is 6.45. The van der Waals surface area contributed by atoms with E-state index in [0.29, 0.717) is 12.0 Å². The van der Waals surface area contributed by atoms with Crippen LogP contribution in [0.15, 0.2) is 35.6 Å². The Balaban J connectivity index is 1.96. The van der Waals surface area contributed by atoms with Crippen LogP contribution >= 0.6 is 0 Å². The lowest BCUT2D eigenvalue weighted by Gasteiger charge is -2.29. The quantitative estimate of drug-likeness (QED) is 0.571. The normalized spacial score (nSPS) is 35.7. The van der Waals surface area contributed by atoms with Crippen LogP contribution in [0, 0.1) is 5.92 Å². The monoisotopic (exact) mass is 174 g/mol. The maximum Gasteiger partial charge on any atom is 0.0542 e. The Labute approximate surface area is 78.4 Å². The maximum atomic E-state index is 3.57. The van der Waals surface area contributed by atoms with E-state index in [2.05, 4.69) is 34.9 Å². The molecular formula is C11H14N2. The minimum Gasteiger partial charge on any atom is -0.386 e. The average molecular weight is 174 g/mol. The molecule has 0 aromatic carbocycles. The summed E-state index contributed by atoms with van der Waals surface area (Å²) in [5.74, 6) is 0.688. The molecule has 0 radical (unpaired) electrons. The Kier molecular flexibility index (Phi) is 1.56. The Morgan fingerprint density at radius 3 is 3.31 bits per heavy atom. The predicted octanol–water partition coefficient (Wildman–Crippen LogP) is 0.948. The molecule has 68 valence electrons. The molecule has 2 unspecified atom stereocenters. The molecule has 2 nitrogen and oxygen atoms in total. The van der Waals surface area contributed by atoms with Gasteiger partial charge in [0, 0.05) is 24.7 Å². The molecule has 1 saturated heterocycles. The molecule has 0 amide bonds. The van der Waals surface area contributed by atoms with Gasteiger partial charge in [-0.3, -0.25) is 0 Å². The number of hydrogen-bond donors (Lipinski definition) is 2. The molecule has 0 aromatic heterocycles. The summed E-state index contributed by atoms with van der Waals surface area (Å²) in [7, 11) is 0. The molecule has 2 aliphatic carbocycles. The molecule has 2 N–H and O–H groups in total. The van der Waals surface area contributed by atoms with Crippen LogP contribution in [0.1, 0.15) is 6.42 Å². The summed E-state index contributed by atoms with van der Waals surface area (Å²) in [6.45, 7) is 2.16. The molecular weight excluding hydrogens is 160 g/mol. The number of piperazine rings is 1. The van der Waals surface area contributed by atoms with E-state index in [1.807, 2.05) is 0 Å². The molecule has 1 aliphatic heterocycles.